The van der Waals surface area contributed by atoms with Gasteiger partial charge in [0.15, 0.2) is 40.5 Å². The molecule has 10 aromatic carbocycles. The molecule has 326 valence electrons. The molecular weight excluding hydrogens is 857 g/mol. The Morgan fingerprint density at radius 2 is 0.814 bits per heavy atom. The lowest BCUT2D eigenvalue weighted by atomic mass is 9.70. The molecule has 1 spiro atoms. The van der Waals surface area contributed by atoms with Gasteiger partial charge in [-0.1, -0.05) is 170 Å². The lowest BCUT2D eigenvalue weighted by Gasteiger charge is -2.31. The van der Waals surface area contributed by atoms with Crippen molar-refractivity contribution in [2.75, 3.05) is 0 Å². The summed E-state index contributed by atoms with van der Waals surface area (Å²) in [6.07, 6.45) is 0. The third-order valence-corrected chi connectivity index (χ3v) is 14.5. The van der Waals surface area contributed by atoms with Gasteiger partial charge in [-0.2, -0.15) is 0 Å². The van der Waals surface area contributed by atoms with Crippen molar-refractivity contribution in [3.8, 4) is 96.2 Å². The van der Waals surface area contributed by atoms with Gasteiger partial charge in [-0.25, -0.2) is 15.0 Å². The van der Waals surface area contributed by atoms with E-state index in [4.69, 9.17) is 24.4 Å². The van der Waals surface area contributed by atoms with Crippen LogP contribution in [-0.4, -0.2) is 19.5 Å². The Balaban J connectivity index is 0.885. The average Bonchev–Trinajstić information content (AvgIpc) is 4.04. The predicted octanol–water partition coefficient (Wildman–Crippen LogP) is 15.9. The highest BCUT2D eigenvalue weighted by Crippen LogP contribution is 2.65. The molecule has 12 aromatic rings. The van der Waals surface area contributed by atoms with Gasteiger partial charge < -0.3 is 14.0 Å². The number of aromatic nitrogens is 4. The van der Waals surface area contributed by atoms with Gasteiger partial charge in [-0.15, -0.1) is 0 Å². The van der Waals surface area contributed by atoms with Crippen LogP contribution >= 0.6 is 0 Å². The van der Waals surface area contributed by atoms with Crippen molar-refractivity contribution in [3.05, 3.63) is 253 Å². The van der Waals surface area contributed by atoms with E-state index in [1.807, 2.05) is 84.9 Å². The predicted molar refractivity (Wildman–Crippen MR) is 279 cm³/mol. The first-order valence-electron chi connectivity index (χ1n) is 23.7. The summed E-state index contributed by atoms with van der Waals surface area (Å²) >= 11 is 0. The first-order chi connectivity index (χ1) is 34.7. The highest BCUT2D eigenvalue weighted by molar-refractivity contribution is 6.10. The maximum atomic E-state index is 6.62. The molecule has 6 heteroatoms. The van der Waals surface area contributed by atoms with Gasteiger partial charge in [0.05, 0.1) is 16.4 Å². The Hall–Kier alpha value is -9.39. The van der Waals surface area contributed by atoms with E-state index in [0.29, 0.717) is 17.5 Å². The number of ether oxygens (including phenoxy) is 2. The molecule has 0 unspecified atom stereocenters. The van der Waals surface area contributed by atoms with Crippen molar-refractivity contribution in [2.24, 2.45) is 0 Å². The zero-order chi connectivity index (χ0) is 45.9. The summed E-state index contributed by atoms with van der Waals surface area (Å²) in [5.41, 5.74) is 17.6. The van der Waals surface area contributed by atoms with Crippen LogP contribution in [0.4, 0.5) is 0 Å². The third-order valence-electron chi connectivity index (χ3n) is 14.5. The minimum atomic E-state index is -0.573. The van der Waals surface area contributed by atoms with Gasteiger partial charge in [0.25, 0.3) is 0 Å². The summed E-state index contributed by atoms with van der Waals surface area (Å²) < 4.78 is 15.5. The van der Waals surface area contributed by atoms with E-state index >= 15 is 0 Å². The number of hydrogen-bond donors (Lipinski definition) is 0. The molecule has 3 heterocycles. The number of rotatable bonds is 5. The summed E-state index contributed by atoms with van der Waals surface area (Å²) in [7, 11) is 0. The fraction of sp³-hybridized carbons (Fsp3) is 0.0156. The number of hydrogen-bond acceptors (Lipinski definition) is 5. The van der Waals surface area contributed by atoms with E-state index in [9.17, 15) is 0 Å². The van der Waals surface area contributed by atoms with E-state index in [2.05, 4.69) is 150 Å². The highest BCUT2D eigenvalue weighted by Gasteiger charge is 2.52. The summed E-state index contributed by atoms with van der Waals surface area (Å²) in [5, 5.41) is 2.35. The van der Waals surface area contributed by atoms with Crippen molar-refractivity contribution in [3.63, 3.8) is 0 Å². The van der Waals surface area contributed by atoms with E-state index in [-0.39, 0.29) is 0 Å². The van der Waals surface area contributed by atoms with E-state index in [1.165, 1.54) is 49.7 Å². The maximum Gasteiger partial charge on any atom is 0.170 e. The topological polar surface area (TPSA) is 62.1 Å². The van der Waals surface area contributed by atoms with Gasteiger partial charge in [0, 0.05) is 33.2 Å². The molecule has 2 aliphatic carbocycles. The van der Waals surface area contributed by atoms with Crippen LogP contribution < -0.4 is 9.47 Å². The molecule has 0 bridgehead atoms. The van der Waals surface area contributed by atoms with Gasteiger partial charge in [-0.05, 0) is 116 Å². The molecule has 1 aliphatic heterocycles. The molecule has 70 heavy (non-hydrogen) atoms. The van der Waals surface area contributed by atoms with Crippen molar-refractivity contribution in [1.29, 1.82) is 0 Å². The van der Waals surface area contributed by atoms with E-state index in [1.54, 1.807) is 0 Å². The fourth-order valence-corrected chi connectivity index (χ4v) is 11.5. The number of para-hydroxylation sites is 3. The number of nitrogens with zero attached hydrogens (tertiary/aromatic N) is 4. The zero-order valence-electron chi connectivity index (χ0n) is 37.5. The zero-order valence-corrected chi connectivity index (χ0v) is 37.5. The fourth-order valence-electron chi connectivity index (χ4n) is 11.5. The molecule has 0 fully saturated rings. The largest absolute Gasteiger partial charge is 0.450 e. The molecule has 3 aliphatic rings. The van der Waals surface area contributed by atoms with Crippen LogP contribution in [0.3, 0.4) is 0 Å². The van der Waals surface area contributed by atoms with Crippen molar-refractivity contribution in [1.82, 2.24) is 19.5 Å². The van der Waals surface area contributed by atoms with E-state index in [0.717, 1.165) is 73.1 Å². The van der Waals surface area contributed by atoms with Gasteiger partial charge in [-0.3, -0.25) is 0 Å². The second-order valence-corrected chi connectivity index (χ2v) is 18.3. The van der Waals surface area contributed by atoms with Crippen LogP contribution in [0, 0.1) is 0 Å². The molecule has 2 aromatic heterocycles. The second-order valence-electron chi connectivity index (χ2n) is 18.3. The van der Waals surface area contributed by atoms with Crippen molar-refractivity contribution in [2.45, 2.75) is 5.41 Å². The van der Waals surface area contributed by atoms with Crippen molar-refractivity contribution >= 4 is 21.8 Å². The van der Waals surface area contributed by atoms with Crippen LogP contribution in [0.25, 0.3) is 95.0 Å². The first kappa shape index (κ1) is 38.7. The highest BCUT2D eigenvalue weighted by atomic mass is 16.6. The molecule has 0 radical (unpaired) electrons. The van der Waals surface area contributed by atoms with Gasteiger partial charge in [0.1, 0.15) is 0 Å². The molecule has 15 rings (SSSR count). The smallest absolute Gasteiger partial charge is 0.170 e. The Morgan fingerprint density at radius 3 is 1.51 bits per heavy atom. The molecular formula is C64H38N4O2. The Labute approximate surface area is 403 Å². The number of fused-ring (bicyclic) bond motifs is 15. The Morgan fingerprint density at radius 1 is 0.300 bits per heavy atom. The third kappa shape index (κ3) is 5.59. The molecule has 0 saturated carbocycles. The lowest BCUT2D eigenvalue weighted by Crippen LogP contribution is -2.26. The quantitative estimate of drug-likeness (QED) is 0.172. The average molecular weight is 895 g/mol. The van der Waals surface area contributed by atoms with Gasteiger partial charge >= 0.3 is 0 Å². The molecule has 0 amide bonds. The summed E-state index contributed by atoms with van der Waals surface area (Å²) in [5.74, 6) is 4.77. The normalized spacial score (nSPS) is 13.2. The minimum absolute atomic E-state index is 0.573. The number of benzene rings is 10. The SMILES string of the molecule is c1ccc(-c2nc(-c3ccccc3)nc(-c3cccc(-n4c5ccccc5c5cc(-c6ccc7c(c6)C6(c8ccccc8-c8ccccc86)c6cc8c(cc6-7)Oc6ccccc6O8)ccc54)c3)n2)cc1. The van der Waals surface area contributed by atoms with Crippen LogP contribution in [0.2, 0.25) is 0 Å². The van der Waals surface area contributed by atoms with E-state index < -0.39 is 5.41 Å². The van der Waals surface area contributed by atoms with Gasteiger partial charge in [0.2, 0.25) is 0 Å². The standard InChI is InChI=1S/C64H38N4O2/c1-3-16-39(17-4-1)61-65-62(40-18-5-2-6-19-40)67-63(66-61)43-20-15-21-44(34-43)68-55-27-12-9-24-48(55)50-35-41(31-33-56(50)68)42-30-32-47-49-37-59-60(70-58-29-14-13-28-57(58)69-59)38-54(49)64(53(47)36-42)51-25-10-7-22-45(51)46-23-8-11-26-52(46)64/h1-38H. The van der Waals surface area contributed by atoms with Crippen LogP contribution in [0.15, 0.2) is 231 Å². The van der Waals surface area contributed by atoms with Crippen LogP contribution in [0.1, 0.15) is 22.3 Å². The first-order valence-corrected chi connectivity index (χ1v) is 23.7. The summed E-state index contributed by atoms with van der Waals surface area (Å²) in [6.45, 7) is 0. The molecule has 0 saturated heterocycles. The molecule has 6 nitrogen and oxygen atoms in total. The minimum Gasteiger partial charge on any atom is -0.450 e. The monoisotopic (exact) mass is 894 g/mol. The lowest BCUT2D eigenvalue weighted by molar-refractivity contribution is 0.359. The maximum absolute atomic E-state index is 6.62. The molecule has 0 atom stereocenters. The summed E-state index contributed by atoms with van der Waals surface area (Å²) in [6, 6.07) is 81.6. The molecule has 0 N–H and O–H groups in total. The van der Waals surface area contributed by atoms with Crippen LogP contribution in [-0.2, 0) is 5.41 Å². The van der Waals surface area contributed by atoms with Crippen LogP contribution in [0.5, 0.6) is 23.0 Å². The van der Waals surface area contributed by atoms with Crippen molar-refractivity contribution < 1.29 is 9.47 Å². The Bertz CT molecular complexity index is 4040. The summed E-state index contributed by atoms with van der Waals surface area (Å²) in [4.78, 5) is 15.1. The second kappa shape index (κ2) is 14.8. The Kier molecular flexibility index (Phi) is 8.18.